The fourth-order valence-electron chi connectivity index (χ4n) is 14.6. The lowest BCUT2D eigenvalue weighted by Crippen LogP contribution is -2.63. The highest BCUT2D eigenvalue weighted by Crippen LogP contribution is 2.24. The van der Waals surface area contributed by atoms with Gasteiger partial charge in [-0.15, -0.1) is 0 Å². The number of hydrogen-bond donors (Lipinski definition) is 27. The van der Waals surface area contributed by atoms with E-state index in [0.29, 0.717) is 6.42 Å². The lowest BCUT2D eigenvalue weighted by molar-refractivity contribution is -0.146. The van der Waals surface area contributed by atoms with Gasteiger partial charge >= 0.3 is 17.9 Å². The number of likely N-dealkylation sites (tertiary alicyclic amines) is 3. The Bertz CT molecular complexity index is 4470. The van der Waals surface area contributed by atoms with E-state index in [0.717, 1.165) is 28.5 Å². The third-order valence-corrected chi connectivity index (χ3v) is 21.6. The van der Waals surface area contributed by atoms with E-state index in [-0.39, 0.29) is 70.5 Å². The lowest BCUT2D eigenvalue weighted by Gasteiger charge is -2.32. The number of carbonyl (C=O) groups is 26. The van der Waals surface area contributed by atoms with E-state index >= 15 is 0 Å². The van der Waals surface area contributed by atoms with Crippen molar-refractivity contribution in [2.45, 2.75) is 281 Å². The van der Waals surface area contributed by atoms with Crippen molar-refractivity contribution in [1.29, 1.82) is 0 Å². The van der Waals surface area contributed by atoms with Gasteiger partial charge in [-0.05, 0) is 103 Å². The predicted octanol–water partition coefficient (Wildman–Crippen LogP) is -14.1. The van der Waals surface area contributed by atoms with Crippen LogP contribution < -0.4 is 113 Å². The average molecular weight is 1970 g/mol. The molecule has 56 heteroatoms. The normalized spacial score (nSPS) is 18.0. The van der Waals surface area contributed by atoms with Crippen LogP contribution in [0, 0.1) is 23.7 Å². The van der Waals surface area contributed by atoms with Crippen molar-refractivity contribution < 1.29 is 155 Å². The minimum absolute atomic E-state index is 0.00143. The van der Waals surface area contributed by atoms with Crippen molar-refractivity contribution in [3.63, 3.8) is 0 Å². The lowest BCUT2D eigenvalue weighted by atomic mass is 9.99. The van der Waals surface area contributed by atoms with E-state index in [4.69, 9.17) is 28.0 Å². The molecule has 0 aromatic heterocycles. The molecular weight excluding hydrogens is 1830 g/mol. The number of aliphatic hydroxyl groups excluding tert-OH is 3. The molecule has 0 radical (unpaired) electrons. The van der Waals surface area contributed by atoms with E-state index < -0.39 is 351 Å². The zero-order valence-corrected chi connectivity index (χ0v) is 78.6. The monoisotopic (exact) mass is 1960 g/mol. The van der Waals surface area contributed by atoms with Crippen LogP contribution in [0.4, 0.5) is 0 Å². The quantitative estimate of drug-likeness (QED) is 0.0269. The number of amides is 23. The summed E-state index contributed by atoms with van der Waals surface area (Å²) in [6.45, 7) is 12.4. The maximum atomic E-state index is 14.5. The maximum Gasteiger partial charge on any atom is 0.322 e. The van der Waals surface area contributed by atoms with Crippen molar-refractivity contribution in [3.05, 3.63) is 0 Å². The summed E-state index contributed by atoms with van der Waals surface area (Å²) >= 11 is 0. The van der Waals surface area contributed by atoms with Crippen LogP contribution in [0.2, 0.25) is 0 Å². The van der Waals surface area contributed by atoms with E-state index in [1.165, 1.54) is 27.7 Å². The minimum atomic E-state index is -2.11. The molecule has 56 nitrogen and oxygen atoms in total. The molecule has 31 N–H and O–H groups in total. The van der Waals surface area contributed by atoms with Crippen LogP contribution in [0.5, 0.6) is 0 Å². The van der Waals surface area contributed by atoms with Crippen molar-refractivity contribution >= 4 is 154 Å². The number of nitrogens with two attached hydrogens (primary N) is 4. The number of hydrogen-bond acceptors (Lipinski definition) is 30. The third-order valence-electron chi connectivity index (χ3n) is 21.6. The first-order chi connectivity index (χ1) is 64.3. The van der Waals surface area contributed by atoms with Gasteiger partial charge in [0, 0.05) is 19.6 Å². The molecule has 0 aromatic carbocycles. The molecule has 3 saturated heterocycles. The fourth-order valence-corrected chi connectivity index (χ4v) is 14.6. The number of carboxylic acids is 3. The largest absolute Gasteiger partial charge is 0.481 e. The Morgan fingerprint density at radius 1 is 0.304 bits per heavy atom. The molecule has 0 bridgehead atoms. The highest BCUT2D eigenvalue weighted by atomic mass is 16.4. The Hall–Kier alpha value is -13.9. The Kier molecular flexibility index (Phi) is 48.4. The summed E-state index contributed by atoms with van der Waals surface area (Å²) in [6.07, 6.45) is -9.06. The summed E-state index contributed by atoms with van der Waals surface area (Å²) in [5.41, 5.74) is 22.1. The van der Waals surface area contributed by atoms with Gasteiger partial charge in [0.25, 0.3) is 0 Å². The topological polar surface area (TPSA) is 884 Å². The predicted molar refractivity (Wildman–Crippen MR) is 473 cm³/mol. The highest BCUT2D eigenvalue weighted by Gasteiger charge is 2.46. The van der Waals surface area contributed by atoms with Crippen LogP contribution in [-0.2, 0) is 125 Å². The third kappa shape index (κ3) is 39.0. The molecule has 772 valence electrons. The number of nitrogens with zero attached hydrogens (tertiary/aromatic N) is 3. The molecule has 3 rings (SSSR count). The van der Waals surface area contributed by atoms with E-state index in [2.05, 4.69) is 90.4 Å². The zero-order valence-electron chi connectivity index (χ0n) is 78.6. The van der Waals surface area contributed by atoms with Gasteiger partial charge in [0.05, 0.1) is 76.6 Å². The van der Waals surface area contributed by atoms with Crippen LogP contribution >= 0.6 is 0 Å². The molecule has 0 saturated carbocycles. The van der Waals surface area contributed by atoms with Gasteiger partial charge in [0.2, 0.25) is 136 Å². The standard InChI is InChI=1S/C82H132N24O32/c1-34(2)22-42(97-75(131)51-17-14-20-105(51)80(136)48(28-60(118)119)92-58(115)31-88-68(124)44(24-53(84)110)93-72(128)47(27-59(116)117)96-70(126)43(23-35(3)4)98-78(134)62(36(5)6)100-66(122)38(9)83)69(125)94-45(25-54(85)111)71(127)95-46(26-55(86)112)73(129)103-65(41(12)109)82(138)106-21-15-18-52(106)76(132)101-63(37(7)8)79(135)102-64(40(11)108)77(133)90-30-57(114)91-39(10)67(123)99-49(33-107)81(137)104-19-13-16-50(104)74(130)89-29-56(113)87-32-61(120)121/h34-52,62-65,107-109H,13-33,83H2,1-12H3,(H2,84,110)(H2,85,111)(H2,86,112)(H,87,113)(H,88,124)(H,89,130)(H,90,133)(H,91,114)(H,92,115)(H,93,128)(H,94,125)(H,95,127)(H,96,126)(H,97,131)(H,98,134)(H,99,123)(H,100,122)(H,101,132)(H,102,135)(H,103,129)(H,116,117)(H,118,119)(H,120,121)/t38-,39-,40+,41+,42-,43-,44-,45-,46-,47-,48-,49-,50-,51-,52-,62-,63-,64-,65-/m0/s1. The van der Waals surface area contributed by atoms with Crippen LogP contribution in [0.15, 0.2) is 0 Å². The molecule has 19 atom stereocenters. The SMILES string of the molecule is CC(C)C[C@H](NC(=O)[C@@H](NC(=O)[C@H](C)N)C(C)C)C(=O)N[C@@H](CC(=O)O)C(=O)N[C@@H](CC(N)=O)C(=O)NCC(=O)N[C@@H](CC(=O)O)C(=O)N1CCC[C@H]1C(=O)N[C@@H](CC(C)C)C(=O)N[C@@H](CC(N)=O)C(=O)N[C@@H](CC(N)=O)C(=O)N[C@H](C(=O)N1CCC[C@H]1C(=O)N[C@H](C(=O)N[C@H](C(=O)NCC(=O)N[C@@H](C)C(=O)N[C@@H](CO)C(=O)N1CCC[C@H]1C(=O)NCC(=O)NCC(=O)O)[C@@H](C)O)C(C)C)[C@@H](C)O. The summed E-state index contributed by atoms with van der Waals surface area (Å²) in [4.78, 5) is 349. The number of rotatable bonds is 57. The first-order valence-electron chi connectivity index (χ1n) is 44.5. The van der Waals surface area contributed by atoms with Crippen LogP contribution in [0.1, 0.15) is 167 Å². The molecule has 3 heterocycles. The summed E-state index contributed by atoms with van der Waals surface area (Å²) in [6, 6.07) is -28.3. The minimum Gasteiger partial charge on any atom is -0.481 e. The van der Waals surface area contributed by atoms with E-state index in [1.807, 2.05) is 0 Å². The smallest absolute Gasteiger partial charge is 0.322 e. The van der Waals surface area contributed by atoms with Gasteiger partial charge in [-0.3, -0.25) is 125 Å². The Labute approximate surface area is 791 Å². The molecule has 3 aliphatic rings. The zero-order chi connectivity index (χ0) is 105. The molecule has 3 fully saturated rings. The molecule has 0 aromatic rings. The molecule has 0 unspecified atom stereocenters. The number of nitrogens with one attached hydrogen (secondary N) is 17. The maximum absolute atomic E-state index is 14.5. The van der Waals surface area contributed by atoms with Crippen molar-refractivity contribution in [3.8, 4) is 0 Å². The van der Waals surface area contributed by atoms with Gasteiger partial charge in [-0.25, -0.2) is 0 Å². The second kappa shape index (κ2) is 56.5. The van der Waals surface area contributed by atoms with Gasteiger partial charge in [-0.2, -0.15) is 0 Å². The van der Waals surface area contributed by atoms with Gasteiger partial charge < -0.3 is 159 Å². The Balaban J connectivity index is 1.75. The number of aliphatic carboxylic acids is 3. The summed E-state index contributed by atoms with van der Waals surface area (Å²) in [5.74, 6) is -32.6. The summed E-state index contributed by atoms with van der Waals surface area (Å²) in [7, 11) is 0. The molecule has 0 aliphatic carbocycles. The number of primary amides is 3. The molecule has 138 heavy (non-hydrogen) atoms. The van der Waals surface area contributed by atoms with E-state index in [1.54, 1.807) is 41.5 Å². The van der Waals surface area contributed by atoms with E-state index in [9.17, 15) is 150 Å². The second-order valence-corrected chi connectivity index (χ2v) is 35.1. The number of carboxylic acid groups (broad SMARTS) is 3. The number of carbonyl (C=O) groups excluding carboxylic acids is 23. The van der Waals surface area contributed by atoms with Crippen LogP contribution in [0.25, 0.3) is 0 Å². The first kappa shape index (κ1) is 118. The van der Waals surface area contributed by atoms with Crippen LogP contribution in [0.3, 0.4) is 0 Å². The Morgan fingerprint density at radius 3 is 1.07 bits per heavy atom. The van der Waals surface area contributed by atoms with Crippen LogP contribution in [-0.4, -0.2) is 366 Å². The van der Waals surface area contributed by atoms with Gasteiger partial charge in [0.1, 0.15) is 103 Å². The van der Waals surface area contributed by atoms with Gasteiger partial charge in [-0.1, -0.05) is 55.4 Å². The summed E-state index contributed by atoms with van der Waals surface area (Å²) < 4.78 is 0. The van der Waals surface area contributed by atoms with Gasteiger partial charge in [0.15, 0.2) is 0 Å². The van der Waals surface area contributed by atoms with Crippen molar-refractivity contribution in [2.75, 3.05) is 52.4 Å². The molecular formula is C82H132N24O32. The fraction of sp³-hybridized carbons (Fsp3) is 0.683. The van der Waals surface area contributed by atoms with Crippen molar-refractivity contribution in [1.82, 2.24) is 105 Å². The Morgan fingerprint density at radius 2 is 0.645 bits per heavy atom. The molecule has 23 amide bonds. The second-order valence-electron chi connectivity index (χ2n) is 35.1. The summed E-state index contributed by atoms with van der Waals surface area (Å²) in [5, 5.41) is 98.8. The molecule has 0 spiro atoms. The first-order valence-corrected chi connectivity index (χ1v) is 44.5. The molecule has 3 aliphatic heterocycles. The average Bonchev–Trinajstić information content (AvgIpc) is 1.62. The highest BCUT2D eigenvalue weighted by molar-refractivity contribution is 6.04. The number of aliphatic hydroxyl groups is 3. The van der Waals surface area contributed by atoms with Crippen molar-refractivity contribution in [2.24, 2.45) is 46.6 Å².